The van der Waals surface area contributed by atoms with Crippen LogP contribution in [-0.2, 0) is 4.74 Å². The highest BCUT2D eigenvalue weighted by Crippen LogP contribution is 2.05. The quantitative estimate of drug-likeness (QED) is 0.598. The molecule has 0 bridgehead atoms. The summed E-state index contributed by atoms with van der Waals surface area (Å²) in [5, 5.41) is 0. The van der Waals surface area contributed by atoms with Crippen molar-refractivity contribution in [1.82, 2.24) is 4.98 Å². The molecule has 1 aromatic rings. The molecule has 0 fully saturated rings. The maximum atomic E-state index is 11.0. The molecule has 1 N–H and O–H groups in total. The topological polar surface area (TPSA) is 42.1 Å². The second kappa shape index (κ2) is 4.72. The highest BCUT2D eigenvalue weighted by molar-refractivity contribution is 6.19. The lowest BCUT2D eigenvalue weighted by atomic mass is 10.4. The van der Waals surface area contributed by atoms with Crippen molar-refractivity contribution in [3.05, 3.63) is 29.6 Å². The molecule has 1 heterocycles. The van der Waals surface area contributed by atoms with E-state index in [1.54, 1.807) is 24.3 Å². The predicted octanol–water partition coefficient (Wildman–Crippen LogP) is 2.05. The molecule has 0 aliphatic heterocycles. The number of aromatic amines is 1. The third-order valence-corrected chi connectivity index (χ3v) is 1.68. The van der Waals surface area contributed by atoms with Crippen molar-refractivity contribution in [3.63, 3.8) is 0 Å². The van der Waals surface area contributed by atoms with Gasteiger partial charge in [0.25, 0.3) is 0 Å². The second-order valence-corrected chi connectivity index (χ2v) is 2.68. The summed E-state index contributed by atoms with van der Waals surface area (Å²) in [7, 11) is 1.34. The van der Waals surface area contributed by atoms with Crippen LogP contribution in [0.3, 0.4) is 0 Å². The molecule has 0 aromatic carbocycles. The number of carbonyl (C=O) groups is 1. The average Bonchev–Trinajstić information content (AvgIpc) is 2.62. The van der Waals surface area contributed by atoms with Gasteiger partial charge in [0, 0.05) is 11.6 Å². The van der Waals surface area contributed by atoms with Gasteiger partial charge in [0.05, 0.1) is 7.11 Å². The van der Waals surface area contributed by atoms with E-state index in [0.29, 0.717) is 11.6 Å². The summed E-state index contributed by atoms with van der Waals surface area (Å²) in [5.74, 6) is 0.0811. The molecule has 1 aromatic heterocycles. The number of alkyl halides is 1. The van der Waals surface area contributed by atoms with Crippen molar-refractivity contribution in [1.29, 1.82) is 0 Å². The number of nitrogens with one attached hydrogen (secondary N) is 1. The molecule has 0 saturated carbocycles. The van der Waals surface area contributed by atoms with Crippen LogP contribution in [0.5, 0.6) is 0 Å². The van der Waals surface area contributed by atoms with E-state index < -0.39 is 0 Å². The lowest BCUT2D eigenvalue weighted by Crippen LogP contribution is -2.00. The number of rotatable bonds is 3. The van der Waals surface area contributed by atoms with Crippen molar-refractivity contribution < 1.29 is 9.53 Å². The number of esters is 1. The number of hydrogen-bond donors (Lipinski definition) is 1. The number of H-pyrrole nitrogens is 1. The van der Waals surface area contributed by atoms with Gasteiger partial charge in [0.2, 0.25) is 0 Å². The van der Waals surface area contributed by atoms with Crippen LogP contribution in [0.1, 0.15) is 16.2 Å². The average molecular weight is 200 g/mol. The summed E-state index contributed by atoms with van der Waals surface area (Å²) in [6.45, 7) is 0. The minimum atomic E-state index is -0.370. The van der Waals surface area contributed by atoms with Gasteiger partial charge in [0.1, 0.15) is 5.69 Å². The van der Waals surface area contributed by atoms with E-state index >= 15 is 0 Å². The maximum Gasteiger partial charge on any atom is 0.354 e. The lowest BCUT2D eigenvalue weighted by Gasteiger charge is -1.92. The molecule has 4 heteroatoms. The van der Waals surface area contributed by atoms with Crippen LogP contribution in [0.2, 0.25) is 0 Å². The van der Waals surface area contributed by atoms with Crippen molar-refractivity contribution in [3.8, 4) is 0 Å². The van der Waals surface area contributed by atoms with E-state index in [4.69, 9.17) is 11.6 Å². The van der Waals surface area contributed by atoms with Crippen molar-refractivity contribution in [2.45, 2.75) is 0 Å². The van der Waals surface area contributed by atoms with E-state index in [1.807, 2.05) is 0 Å². The van der Waals surface area contributed by atoms with Gasteiger partial charge in [-0.2, -0.15) is 0 Å². The standard InChI is InChI=1S/C9H10ClNO2/c1-13-9(12)8-5-4-7(11-8)3-2-6-10/h2-5,11H,6H2,1H3. The monoisotopic (exact) mass is 199 g/mol. The molecule has 0 spiro atoms. The van der Waals surface area contributed by atoms with Gasteiger partial charge in [-0.05, 0) is 18.2 Å². The summed E-state index contributed by atoms with van der Waals surface area (Å²) < 4.78 is 4.53. The van der Waals surface area contributed by atoms with Gasteiger partial charge < -0.3 is 9.72 Å². The molecule has 0 aliphatic carbocycles. The summed E-state index contributed by atoms with van der Waals surface area (Å²) in [4.78, 5) is 13.9. The van der Waals surface area contributed by atoms with Gasteiger partial charge >= 0.3 is 5.97 Å². The fraction of sp³-hybridized carbons (Fsp3) is 0.222. The molecule has 1 rings (SSSR count). The first-order chi connectivity index (χ1) is 6.27. The Morgan fingerprint density at radius 2 is 2.46 bits per heavy atom. The molecule has 0 saturated heterocycles. The van der Waals surface area contributed by atoms with Crippen LogP contribution in [0, 0.1) is 0 Å². The van der Waals surface area contributed by atoms with Crippen molar-refractivity contribution in [2.24, 2.45) is 0 Å². The zero-order valence-electron chi connectivity index (χ0n) is 7.21. The van der Waals surface area contributed by atoms with Gasteiger partial charge in [-0.3, -0.25) is 0 Å². The first kappa shape index (κ1) is 9.86. The summed E-state index contributed by atoms with van der Waals surface area (Å²) in [5.41, 5.74) is 1.28. The lowest BCUT2D eigenvalue weighted by molar-refractivity contribution is 0.0595. The summed E-state index contributed by atoms with van der Waals surface area (Å²) in [6, 6.07) is 3.45. The van der Waals surface area contributed by atoms with E-state index in [1.165, 1.54) is 7.11 Å². The minimum absolute atomic E-state index is 0.370. The first-order valence-electron chi connectivity index (χ1n) is 3.77. The third-order valence-electron chi connectivity index (χ3n) is 1.50. The Hall–Kier alpha value is -1.22. The smallest absolute Gasteiger partial charge is 0.354 e. The Labute approximate surface area is 81.4 Å². The van der Waals surface area contributed by atoms with Gasteiger partial charge in [-0.15, -0.1) is 11.6 Å². The highest BCUT2D eigenvalue weighted by Gasteiger charge is 2.05. The number of allylic oxidation sites excluding steroid dienone is 1. The molecule has 0 amide bonds. The number of carbonyl (C=O) groups excluding carboxylic acids is 1. The largest absolute Gasteiger partial charge is 0.464 e. The number of aromatic nitrogens is 1. The van der Waals surface area contributed by atoms with Gasteiger partial charge in [-0.1, -0.05) is 6.08 Å². The Balaban J connectivity index is 2.74. The van der Waals surface area contributed by atoms with Crippen LogP contribution in [0.25, 0.3) is 6.08 Å². The van der Waals surface area contributed by atoms with Crippen molar-refractivity contribution in [2.75, 3.05) is 13.0 Å². The SMILES string of the molecule is COC(=O)c1ccc(C=CCCl)[nH]1. The molecule has 13 heavy (non-hydrogen) atoms. The van der Waals surface area contributed by atoms with Crippen LogP contribution >= 0.6 is 11.6 Å². The van der Waals surface area contributed by atoms with Crippen molar-refractivity contribution >= 4 is 23.6 Å². The fourth-order valence-electron chi connectivity index (χ4n) is 0.910. The fourth-order valence-corrected chi connectivity index (χ4v) is 0.999. The summed E-state index contributed by atoms with van der Waals surface area (Å²) >= 11 is 5.46. The van der Waals surface area contributed by atoms with Gasteiger partial charge in [0.15, 0.2) is 0 Å². The third kappa shape index (κ3) is 2.63. The van der Waals surface area contributed by atoms with Gasteiger partial charge in [-0.25, -0.2) is 4.79 Å². The Morgan fingerprint density at radius 3 is 3.08 bits per heavy atom. The second-order valence-electron chi connectivity index (χ2n) is 2.38. The van der Waals surface area contributed by atoms with Crippen LogP contribution in [0.4, 0.5) is 0 Å². The Morgan fingerprint density at radius 1 is 1.69 bits per heavy atom. The molecule has 0 unspecified atom stereocenters. The number of hydrogen-bond acceptors (Lipinski definition) is 2. The van der Waals surface area contributed by atoms with Crippen LogP contribution in [0.15, 0.2) is 18.2 Å². The highest BCUT2D eigenvalue weighted by atomic mass is 35.5. The molecule has 0 atom stereocenters. The van der Waals surface area contributed by atoms with Crippen LogP contribution in [-0.4, -0.2) is 23.9 Å². The Bertz CT molecular complexity index is 317. The molecule has 3 nitrogen and oxygen atoms in total. The minimum Gasteiger partial charge on any atom is -0.464 e. The maximum absolute atomic E-state index is 11.0. The predicted molar refractivity (Wildman–Crippen MR) is 51.9 cm³/mol. The molecule has 70 valence electrons. The molecular weight excluding hydrogens is 190 g/mol. The number of halogens is 1. The number of ether oxygens (including phenoxy) is 1. The summed E-state index contributed by atoms with van der Waals surface area (Å²) in [6.07, 6.45) is 3.59. The zero-order chi connectivity index (χ0) is 9.68. The molecular formula is C9H10ClNO2. The Kier molecular flexibility index (Phi) is 3.58. The van der Waals surface area contributed by atoms with E-state index in [0.717, 1.165) is 5.69 Å². The van der Waals surface area contributed by atoms with E-state index in [-0.39, 0.29) is 5.97 Å². The normalized spacial score (nSPS) is 10.6. The first-order valence-corrected chi connectivity index (χ1v) is 4.31. The molecule has 0 aliphatic rings. The number of methoxy groups -OCH3 is 1. The zero-order valence-corrected chi connectivity index (χ0v) is 7.97. The van der Waals surface area contributed by atoms with E-state index in [2.05, 4.69) is 9.72 Å². The van der Waals surface area contributed by atoms with E-state index in [9.17, 15) is 4.79 Å². The van der Waals surface area contributed by atoms with Crippen LogP contribution < -0.4 is 0 Å². The molecule has 0 radical (unpaired) electrons.